The van der Waals surface area contributed by atoms with Crippen molar-refractivity contribution in [1.29, 1.82) is 0 Å². The summed E-state index contributed by atoms with van der Waals surface area (Å²) < 4.78 is 0. The van der Waals surface area contributed by atoms with Crippen LogP contribution in [0.15, 0.2) is 4.99 Å². The molecule has 1 aliphatic rings. The van der Waals surface area contributed by atoms with E-state index in [1.54, 1.807) is 0 Å². The van der Waals surface area contributed by atoms with E-state index in [1.165, 1.54) is 0 Å². The van der Waals surface area contributed by atoms with E-state index >= 15 is 0 Å². The van der Waals surface area contributed by atoms with Gasteiger partial charge in [0.05, 0.1) is 12.1 Å². The van der Waals surface area contributed by atoms with Crippen molar-refractivity contribution in [2.45, 2.75) is 18.4 Å². The average molecular weight is 189 g/mol. The summed E-state index contributed by atoms with van der Waals surface area (Å²) >= 11 is 1.86. The lowest BCUT2D eigenvalue weighted by molar-refractivity contribution is 0.0416. The smallest absolute Gasteiger partial charge is 0.186 e. The topological polar surface area (TPSA) is 84.6 Å². The van der Waals surface area contributed by atoms with Gasteiger partial charge in [-0.2, -0.15) is 11.8 Å². The normalized spacial score (nSPS) is 21.8. The van der Waals surface area contributed by atoms with Crippen LogP contribution in [0, 0.1) is 0 Å². The third kappa shape index (κ3) is 2.91. The van der Waals surface area contributed by atoms with Gasteiger partial charge in [0.25, 0.3) is 0 Å². The van der Waals surface area contributed by atoms with Gasteiger partial charge in [-0.1, -0.05) is 0 Å². The van der Waals surface area contributed by atoms with Crippen molar-refractivity contribution in [3.05, 3.63) is 0 Å². The molecule has 0 aliphatic carbocycles. The molecule has 0 amide bonds. The summed E-state index contributed by atoms with van der Waals surface area (Å²) in [4.78, 5) is 3.83. The van der Waals surface area contributed by atoms with Crippen LogP contribution in [0.2, 0.25) is 0 Å². The number of guanidine groups is 1. The highest BCUT2D eigenvalue weighted by Gasteiger charge is 2.28. The largest absolute Gasteiger partial charge is 0.388 e. The van der Waals surface area contributed by atoms with Gasteiger partial charge < -0.3 is 16.6 Å². The molecule has 0 radical (unpaired) electrons. The molecule has 0 atom stereocenters. The van der Waals surface area contributed by atoms with E-state index in [0.29, 0.717) is 6.54 Å². The molecule has 1 heterocycles. The third-order valence-corrected chi connectivity index (χ3v) is 2.97. The Kier molecular flexibility index (Phi) is 3.22. The van der Waals surface area contributed by atoms with Crippen molar-refractivity contribution in [2.24, 2.45) is 16.5 Å². The molecule has 4 nitrogen and oxygen atoms in total. The molecule has 1 aliphatic heterocycles. The summed E-state index contributed by atoms with van der Waals surface area (Å²) in [5.74, 6) is 2.05. The molecular formula is C7H15N3OS. The number of nitrogens with two attached hydrogens (primary N) is 2. The lowest BCUT2D eigenvalue weighted by Gasteiger charge is -2.29. The zero-order valence-electron chi connectivity index (χ0n) is 6.99. The number of rotatable bonds is 2. The van der Waals surface area contributed by atoms with Crippen LogP contribution in [0.5, 0.6) is 0 Å². The highest BCUT2D eigenvalue weighted by Crippen LogP contribution is 2.26. The zero-order chi connectivity index (χ0) is 9.03. The molecule has 12 heavy (non-hydrogen) atoms. The number of nitrogens with zero attached hydrogens (tertiary/aromatic N) is 1. The number of thioether (sulfide) groups is 1. The second kappa shape index (κ2) is 4.00. The van der Waals surface area contributed by atoms with E-state index in [0.717, 1.165) is 24.3 Å². The van der Waals surface area contributed by atoms with Gasteiger partial charge in [0.1, 0.15) is 0 Å². The van der Waals surface area contributed by atoms with Gasteiger partial charge in [-0.25, -0.2) is 0 Å². The third-order valence-electron chi connectivity index (χ3n) is 1.98. The van der Waals surface area contributed by atoms with Crippen LogP contribution in [0.3, 0.4) is 0 Å². The predicted molar refractivity (Wildman–Crippen MR) is 52.2 cm³/mol. The van der Waals surface area contributed by atoms with Gasteiger partial charge in [0, 0.05) is 0 Å². The van der Waals surface area contributed by atoms with Gasteiger partial charge in [0.15, 0.2) is 5.96 Å². The summed E-state index contributed by atoms with van der Waals surface area (Å²) in [6.07, 6.45) is 1.57. The first-order chi connectivity index (χ1) is 5.62. The number of aliphatic imine (C=N–C) groups is 1. The summed E-state index contributed by atoms with van der Waals surface area (Å²) in [6.45, 7) is 0.343. The van der Waals surface area contributed by atoms with Crippen molar-refractivity contribution < 1.29 is 5.11 Å². The highest BCUT2D eigenvalue weighted by molar-refractivity contribution is 7.99. The van der Waals surface area contributed by atoms with Crippen LogP contribution >= 0.6 is 11.8 Å². The predicted octanol–water partition coefficient (Wildman–Crippen LogP) is -0.482. The number of hydrogen-bond acceptors (Lipinski definition) is 3. The Morgan fingerprint density at radius 1 is 1.42 bits per heavy atom. The summed E-state index contributed by atoms with van der Waals surface area (Å²) in [5.41, 5.74) is 9.70. The number of hydrogen-bond donors (Lipinski definition) is 3. The monoisotopic (exact) mass is 189 g/mol. The molecular weight excluding hydrogens is 174 g/mol. The van der Waals surface area contributed by atoms with Crippen molar-refractivity contribution in [3.8, 4) is 0 Å². The fourth-order valence-electron chi connectivity index (χ4n) is 1.15. The highest BCUT2D eigenvalue weighted by atomic mass is 32.2. The molecule has 70 valence electrons. The van der Waals surface area contributed by atoms with Crippen molar-refractivity contribution in [2.75, 3.05) is 18.1 Å². The fraction of sp³-hybridized carbons (Fsp3) is 0.857. The molecule has 0 saturated carbocycles. The Balaban J connectivity index is 2.41. The molecule has 5 heteroatoms. The summed E-state index contributed by atoms with van der Waals surface area (Å²) in [7, 11) is 0. The molecule has 0 aromatic heterocycles. The van der Waals surface area contributed by atoms with E-state index in [2.05, 4.69) is 4.99 Å². The number of aliphatic hydroxyl groups is 1. The van der Waals surface area contributed by atoms with E-state index in [-0.39, 0.29) is 5.96 Å². The molecule has 0 aromatic rings. The Bertz CT molecular complexity index is 173. The van der Waals surface area contributed by atoms with Crippen LogP contribution in [0.4, 0.5) is 0 Å². The molecule has 1 rings (SSSR count). The van der Waals surface area contributed by atoms with E-state index in [1.807, 2.05) is 11.8 Å². The van der Waals surface area contributed by atoms with Crippen LogP contribution in [0.25, 0.3) is 0 Å². The maximum absolute atomic E-state index is 9.89. The Hall–Kier alpha value is -0.420. The molecule has 1 fully saturated rings. The molecule has 0 spiro atoms. The minimum Gasteiger partial charge on any atom is -0.388 e. The first-order valence-electron chi connectivity index (χ1n) is 3.98. The minimum absolute atomic E-state index is 0.0571. The quantitative estimate of drug-likeness (QED) is 0.404. The second-order valence-electron chi connectivity index (χ2n) is 3.08. The fourth-order valence-corrected chi connectivity index (χ4v) is 2.40. The molecule has 0 bridgehead atoms. The van der Waals surface area contributed by atoms with Gasteiger partial charge in [-0.05, 0) is 24.3 Å². The van der Waals surface area contributed by atoms with Gasteiger partial charge in [0.2, 0.25) is 0 Å². The molecule has 5 N–H and O–H groups in total. The van der Waals surface area contributed by atoms with E-state index in [9.17, 15) is 5.11 Å². The average Bonchev–Trinajstić information content (AvgIpc) is 2.03. The summed E-state index contributed by atoms with van der Waals surface area (Å²) in [6, 6.07) is 0. The van der Waals surface area contributed by atoms with Crippen molar-refractivity contribution in [3.63, 3.8) is 0 Å². The standard InChI is InChI=1S/C7H15N3OS/c8-6(9)10-5-7(11)1-3-12-4-2-7/h11H,1-5H2,(H4,8,9,10). The zero-order valence-corrected chi connectivity index (χ0v) is 7.81. The van der Waals surface area contributed by atoms with E-state index in [4.69, 9.17) is 11.5 Å². The lowest BCUT2D eigenvalue weighted by Crippen LogP contribution is -2.38. The van der Waals surface area contributed by atoms with Gasteiger partial charge in [-0.3, -0.25) is 4.99 Å². The molecule has 0 unspecified atom stereocenters. The Morgan fingerprint density at radius 3 is 2.50 bits per heavy atom. The Morgan fingerprint density at radius 2 is 2.00 bits per heavy atom. The van der Waals surface area contributed by atoms with Crippen LogP contribution in [-0.4, -0.2) is 34.7 Å². The Labute approximate surface area is 76.4 Å². The van der Waals surface area contributed by atoms with E-state index < -0.39 is 5.60 Å². The first kappa shape index (κ1) is 9.67. The maximum Gasteiger partial charge on any atom is 0.186 e. The van der Waals surface area contributed by atoms with Crippen molar-refractivity contribution in [1.82, 2.24) is 0 Å². The van der Waals surface area contributed by atoms with Gasteiger partial charge >= 0.3 is 0 Å². The molecule has 0 aromatic carbocycles. The lowest BCUT2D eigenvalue weighted by atomic mass is 9.97. The molecule has 1 saturated heterocycles. The second-order valence-corrected chi connectivity index (χ2v) is 4.30. The van der Waals surface area contributed by atoms with Gasteiger partial charge in [-0.15, -0.1) is 0 Å². The van der Waals surface area contributed by atoms with Crippen LogP contribution in [-0.2, 0) is 0 Å². The van der Waals surface area contributed by atoms with Crippen LogP contribution < -0.4 is 11.5 Å². The van der Waals surface area contributed by atoms with Crippen molar-refractivity contribution >= 4 is 17.7 Å². The SMILES string of the molecule is NC(N)=NCC1(O)CCSCC1. The first-order valence-corrected chi connectivity index (χ1v) is 5.13. The summed E-state index contributed by atoms with van der Waals surface area (Å²) in [5, 5.41) is 9.89. The van der Waals surface area contributed by atoms with Crippen LogP contribution in [0.1, 0.15) is 12.8 Å². The maximum atomic E-state index is 9.89. The minimum atomic E-state index is -0.657.